The molecule has 0 spiro atoms. The van der Waals surface area contributed by atoms with Crippen LogP contribution in [0.3, 0.4) is 0 Å². The van der Waals surface area contributed by atoms with Crippen LogP contribution in [0.4, 0.5) is 4.39 Å². The molecule has 0 bridgehead atoms. The maximum atomic E-state index is 13.2. The van der Waals surface area contributed by atoms with Crippen LogP contribution >= 0.6 is 0 Å². The van der Waals surface area contributed by atoms with Crippen molar-refractivity contribution in [3.63, 3.8) is 0 Å². The summed E-state index contributed by atoms with van der Waals surface area (Å²) in [6, 6.07) is 5.46. The molecule has 0 radical (unpaired) electrons. The van der Waals surface area contributed by atoms with E-state index in [0.29, 0.717) is 5.92 Å². The lowest BCUT2D eigenvalue weighted by molar-refractivity contribution is -0.127. The molecular formula is C19H28FN3O2. The Balaban J connectivity index is 1.97. The van der Waals surface area contributed by atoms with Gasteiger partial charge in [0.25, 0.3) is 0 Å². The number of halogens is 1. The summed E-state index contributed by atoms with van der Waals surface area (Å²) in [6.45, 7) is 3.60. The summed E-state index contributed by atoms with van der Waals surface area (Å²) >= 11 is 0. The van der Waals surface area contributed by atoms with Crippen LogP contribution in [-0.2, 0) is 9.59 Å². The molecule has 2 amide bonds. The number of carbonyl (C=O) groups excluding carboxylic acids is 2. The lowest BCUT2D eigenvalue weighted by Gasteiger charge is -2.25. The molecule has 2 atom stereocenters. The van der Waals surface area contributed by atoms with E-state index < -0.39 is 6.04 Å². The van der Waals surface area contributed by atoms with Gasteiger partial charge in [-0.2, -0.15) is 0 Å². The van der Waals surface area contributed by atoms with Gasteiger partial charge in [-0.1, -0.05) is 38.8 Å². The van der Waals surface area contributed by atoms with Crippen molar-refractivity contribution in [1.82, 2.24) is 10.6 Å². The molecule has 25 heavy (non-hydrogen) atoms. The summed E-state index contributed by atoms with van der Waals surface area (Å²) in [5, 5.41) is 5.59. The van der Waals surface area contributed by atoms with Gasteiger partial charge >= 0.3 is 0 Å². The Kier molecular flexibility index (Phi) is 6.93. The van der Waals surface area contributed by atoms with Gasteiger partial charge in [-0.15, -0.1) is 0 Å². The van der Waals surface area contributed by atoms with Crippen LogP contribution in [0.25, 0.3) is 0 Å². The Hall–Kier alpha value is -1.95. The second kappa shape index (κ2) is 8.94. The van der Waals surface area contributed by atoms with Gasteiger partial charge in [-0.25, -0.2) is 4.39 Å². The van der Waals surface area contributed by atoms with Crippen molar-refractivity contribution in [2.45, 2.75) is 51.6 Å². The SMILES string of the molecule is CC(C)[C@H](N)C(=O)NCC(=O)NC(c1ccc(F)cc1)C1CCCC1. The second-order valence-electron chi connectivity index (χ2n) is 7.13. The number of rotatable bonds is 7. The first-order chi connectivity index (χ1) is 11.9. The summed E-state index contributed by atoms with van der Waals surface area (Å²) in [4.78, 5) is 24.2. The van der Waals surface area contributed by atoms with Crippen LogP contribution in [0.1, 0.15) is 51.1 Å². The Bertz CT molecular complexity index is 583. The van der Waals surface area contributed by atoms with Crippen molar-refractivity contribution >= 4 is 11.8 Å². The van der Waals surface area contributed by atoms with Crippen LogP contribution in [-0.4, -0.2) is 24.4 Å². The maximum Gasteiger partial charge on any atom is 0.239 e. The molecule has 1 unspecified atom stereocenters. The number of amides is 2. The Labute approximate surface area is 148 Å². The summed E-state index contributed by atoms with van der Waals surface area (Å²) in [6.07, 6.45) is 4.34. The standard InChI is InChI=1S/C19H28FN3O2/c1-12(2)17(21)19(25)22-11-16(24)23-18(13-5-3-4-6-13)14-7-9-15(20)10-8-14/h7-10,12-13,17-18H,3-6,11,21H2,1-2H3,(H,22,25)(H,23,24)/t17-,18?/m0/s1. The van der Waals surface area contributed by atoms with E-state index in [2.05, 4.69) is 10.6 Å². The van der Waals surface area contributed by atoms with E-state index in [1.54, 1.807) is 12.1 Å². The lowest BCUT2D eigenvalue weighted by Crippen LogP contribution is -2.47. The molecule has 1 aliphatic rings. The summed E-state index contributed by atoms with van der Waals surface area (Å²) in [5.41, 5.74) is 6.67. The van der Waals surface area contributed by atoms with Gasteiger partial charge in [0, 0.05) is 0 Å². The molecular weight excluding hydrogens is 321 g/mol. The minimum Gasteiger partial charge on any atom is -0.347 e. The average Bonchev–Trinajstić information content (AvgIpc) is 3.12. The lowest BCUT2D eigenvalue weighted by atomic mass is 9.91. The first kappa shape index (κ1) is 19.4. The van der Waals surface area contributed by atoms with E-state index in [0.717, 1.165) is 31.2 Å². The fraction of sp³-hybridized carbons (Fsp3) is 0.579. The van der Waals surface area contributed by atoms with Crippen LogP contribution in [0, 0.1) is 17.7 Å². The van der Waals surface area contributed by atoms with Gasteiger partial charge in [-0.05, 0) is 42.4 Å². The molecule has 138 valence electrons. The molecule has 0 saturated heterocycles. The quantitative estimate of drug-likeness (QED) is 0.706. The molecule has 6 heteroatoms. The maximum absolute atomic E-state index is 13.2. The van der Waals surface area contributed by atoms with Crippen LogP contribution < -0.4 is 16.4 Å². The molecule has 1 aliphatic carbocycles. The zero-order valence-electron chi connectivity index (χ0n) is 14.9. The van der Waals surface area contributed by atoms with Gasteiger partial charge < -0.3 is 16.4 Å². The average molecular weight is 349 g/mol. The largest absolute Gasteiger partial charge is 0.347 e. The van der Waals surface area contributed by atoms with E-state index in [-0.39, 0.29) is 36.1 Å². The Morgan fingerprint density at radius 3 is 2.36 bits per heavy atom. The summed E-state index contributed by atoms with van der Waals surface area (Å²) < 4.78 is 13.2. The van der Waals surface area contributed by atoms with Gasteiger partial charge in [0.15, 0.2) is 0 Å². The molecule has 1 aromatic rings. The van der Waals surface area contributed by atoms with Gasteiger partial charge in [0.2, 0.25) is 11.8 Å². The highest BCUT2D eigenvalue weighted by Crippen LogP contribution is 2.35. The fourth-order valence-electron chi connectivity index (χ4n) is 3.25. The smallest absolute Gasteiger partial charge is 0.239 e. The minimum absolute atomic E-state index is 0.00788. The highest BCUT2D eigenvalue weighted by molar-refractivity contribution is 5.87. The van der Waals surface area contributed by atoms with E-state index in [9.17, 15) is 14.0 Å². The molecule has 4 N–H and O–H groups in total. The van der Waals surface area contributed by atoms with Crippen molar-refractivity contribution in [2.75, 3.05) is 6.54 Å². The van der Waals surface area contributed by atoms with Crippen molar-refractivity contribution in [1.29, 1.82) is 0 Å². The topological polar surface area (TPSA) is 84.2 Å². The van der Waals surface area contributed by atoms with Crippen LogP contribution in [0.2, 0.25) is 0 Å². The molecule has 0 heterocycles. The van der Waals surface area contributed by atoms with Gasteiger partial charge in [0.1, 0.15) is 5.82 Å². The van der Waals surface area contributed by atoms with E-state index in [1.165, 1.54) is 12.1 Å². The highest BCUT2D eigenvalue weighted by atomic mass is 19.1. The number of hydrogen-bond donors (Lipinski definition) is 3. The van der Waals surface area contributed by atoms with Crippen molar-refractivity contribution in [3.8, 4) is 0 Å². The molecule has 1 aromatic carbocycles. The van der Waals surface area contributed by atoms with Crippen molar-refractivity contribution in [2.24, 2.45) is 17.6 Å². The Morgan fingerprint density at radius 1 is 1.20 bits per heavy atom. The first-order valence-corrected chi connectivity index (χ1v) is 8.96. The normalized spacial score (nSPS) is 17.3. The van der Waals surface area contributed by atoms with Crippen molar-refractivity contribution in [3.05, 3.63) is 35.6 Å². The number of nitrogens with two attached hydrogens (primary N) is 1. The van der Waals surface area contributed by atoms with E-state index >= 15 is 0 Å². The Morgan fingerprint density at radius 2 is 1.80 bits per heavy atom. The zero-order chi connectivity index (χ0) is 18.4. The number of nitrogens with one attached hydrogen (secondary N) is 2. The third-order valence-electron chi connectivity index (χ3n) is 4.86. The molecule has 1 saturated carbocycles. The monoisotopic (exact) mass is 349 g/mol. The third-order valence-corrected chi connectivity index (χ3v) is 4.86. The zero-order valence-corrected chi connectivity index (χ0v) is 14.9. The molecule has 5 nitrogen and oxygen atoms in total. The predicted octanol–water partition coefficient (Wildman–Crippen LogP) is 2.27. The summed E-state index contributed by atoms with van der Waals surface area (Å²) in [5.74, 6) is -0.540. The fourth-order valence-corrected chi connectivity index (χ4v) is 3.25. The molecule has 1 fully saturated rings. The molecule has 0 aromatic heterocycles. The van der Waals surface area contributed by atoms with Crippen molar-refractivity contribution < 1.29 is 14.0 Å². The second-order valence-corrected chi connectivity index (χ2v) is 7.13. The van der Waals surface area contributed by atoms with E-state index in [1.807, 2.05) is 13.8 Å². The number of benzene rings is 1. The number of hydrogen-bond acceptors (Lipinski definition) is 3. The molecule has 2 rings (SSSR count). The molecule has 0 aliphatic heterocycles. The van der Waals surface area contributed by atoms with Crippen LogP contribution in [0.5, 0.6) is 0 Å². The summed E-state index contributed by atoms with van der Waals surface area (Å²) in [7, 11) is 0. The minimum atomic E-state index is -0.629. The third kappa shape index (κ3) is 5.53. The van der Waals surface area contributed by atoms with Gasteiger partial charge in [0.05, 0.1) is 18.6 Å². The number of carbonyl (C=O) groups is 2. The highest BCUT2D eigenvalue weighted by Gasteiger charge is 2.28. The van der Waals surface area contributed by atoms with Crippen LogP contribution in [0.15, 0.2) is 24.3 Å². The van der Waals surface area contributed by atoms with E-state index in [4.69, 9.17) is 5.73 Å². The predicted molar refractivity (Wildman–Crippen MR) is 95.1 cm³/mol. The van der Waals surface area contributed by atoms with Gasteiger partial charge in [-0.3, -0.25) is 9.59 Å². The first-order valence-electron chi connectivity index (χ1n) is 8.96.